The summed E-state index contributed by atoms with van der Waals surface area (Å²) < 4.78 is 4.62. The third kappa shape index (κ3) is 4.14. The van der Waals surface area contributed by atoms with E-state index in [2.05, 4.69) is 160 Å². The van der Waals surface area contributed by atoms with Crippen LogP contribution < -0.4 is 0 Å². The Hall–Kier alpha value is -6.88. The van der Waals surface area contributed by atoms with Gasteiger partial charge in [0.05, 0.1) is 34.7 Å². The van der Waals surface area contributed by atoms with Crippen LogP contribution in [0.4, 0.5) is 5.69 Å². The zero-order chi connectivity index (χ0) is 32.2. The molecule has 0 unspecified atom stereocenters. The molecule has 48 heavy (non-hydrogen) atoms. The van der Waals surface area contributed by atoms with Crippen molar-refractivity contribution in [3.05, 3.63) is 175 Å². The summed E-state index contributed by atoms with van der Waals surface area (Å²) in [7, 11) is 0. The molecule has 0 aliphatic rings. The van der Waals surface area contributed by atoms with E-state index in [1.54, 1.807) is 18.2 Å². The molecule has 4 heteroatoms. The molecule has 0 spiro atoms. The lowest BCUT2D eigenvalue weighted by molar-refractivity contribution is 1.17. The van der Waals surface area contributed by atoms with Crippen LogP contribution in [0, 0.1) is 17.9 Å². The van der Waals surface area contributed by atoms with E-state index in [1.165, 1.54) is 21.5 Å². The van der Waals surface area contributed by atoms with Gasteiger partial charge in [-0.2, -0.15) is 5.26 Å². The van der Waals surface area contributed by atoms with Crippen LogP contribution in [0.5, 0.6) is 0 Å². The number of rotatable bonds is 4. The van der Waals surface area contributed by atoms with Gasteiger partial charge >= 0.3 is 0 Å². The minimum atomic E-state index is 0.457. The Balaban J connectivity index is 1.34. The quantitative estimate of drug-likeness (QED) is 0.183. The first kappa shape index (κ1) is 27.4. The lowest BCUT2D eigenvalue weighted by Gasteiger charge is -2.16. The molecule has 0 saturated carbocycles. The molecule has 7 aromatic carbocycles. The molecular weight excluding hydrogens is 585 g/mol. The summed E-state index contributed by atoms with van der Waals surface area (Å²) in [5.74, 6) is 0. The van der Waals surface area contributed by atoms with E-state index >= 15 is 0 Å². The number of hydrogen-bond acceptors (Lipinski definition) is 1. The van der Waals surface area contributed by atoms with Gasteiger partial charge in [0.1, 0.15) is 0 Å². The summed E-state index contributed by atoms with van der Waals surface area (Å²) in [4.78, 5) is 3.84. The van der Waals surface area contributed by atoms with Crippen molar-refractivity contribution >= 4 is 49.3 Å². The molecule has 0 atom stereocenters. The van der Waals surface area contributed by atoms with Crippen LogP contribution in [-0.2, 0) is 0 Å². The lowest BCUT2D eigenvalue weighted by atomic mass is 9.94. The topological polar surface area (TPSA) is 38.0 Å². The SMILES string of the molecule is [C-]#[N+]c1cccc(C#N)c1-c1cc(-c2cccc(-n3c4ccccc4c4ccccc43)c2)cc(-n2c3ccccc3c3ccccc32)c1. The molecule has 0 radical (unpaired) electrons. The van der Waals surface area contributed by atoms with Gasteiger partial charge in [0.2, 0.25) is 0 Å². The lowest BCUT2D eigenvalue weighted by Crippen LogP contribution is -1.97. The van der Waals surface area contributed by atoms with Gasteiger partial charge in [-0.1, -0.05) is 97.1 Å². The largest absolute Gasteiger partial charge is 0.309 e. The Morgan fingerprint density at radius 3 is 1.48 bits per heavy atom. The van der Waals surface area contributed by atoms with Crippen LogP contribution in [0.1, 0.15) is 5.56 Å². The summed E-state index contributed by atoms with van der Waals surface area (Å²) in [5.41, 5.74) is 11.0. The first-order valence-electron chi connectivity index (χ1n) is 15.9. The van der Waals surface area contributed by atoms with Gasteiger partial charge in [-0.05, 0) is 77.4 Å². The molecule has 0 bridgehead atoms. The fourth-order valence-corrected chi connectivity index (χ4v) is 7.31. The molecule has 0 saturated heterocycles. The molecule has 4 nitrogen and oxygen atoms in total. The first-order valence-corrected chi connectivity index (χ1v) is 15.9. The van der Waals surface area contributed by atoms with Crippen LogP contribution in [0.15, 0.2) is 158 Å². The third-order valence-electron chi connectivity index (χ3n) is 9.35. The van der Waals surface area contributed by atoms with Gasteiger partial charge in [0, 0.05) is 44.0 Å². The second-order valence-corrected chi connectivity index (χ2v) is 12.0. The number of para-hydroxylation sites is 4. The summed E-state index contributed by atoms with van der Waals surface area (Å²) >= 11 is 0. The molecule has 0 aliphatic heterocycles. The summed E-state index contributed by atoms with van der Waals surface area (Å²) in [6, 6.07) is 56.8. The average Bonchev–Trinajstić information content (AvgIpc) is 3.67. The van der Waals surface area contributed by atoms with Gasteiger partial charge in [-0.3, -0.25) is 0 Å². The van der Waals surface area contributed by atoms with Gasteiger partial charge < -0.3 is 9.13 Å². The smallest absolute Gasteiger partial charge is 0.196 e. The fraction of sp³-hybridized carbons (Fsp3) is 0. The standard InChI is InChI=1S/C44H26N4/c1-46-39-19-11-13-30(28-45)44(39)32-24-31(26-34(27-32)48-42-22-8-4-17-37(42)38-18-5-9-23-43(38)48)29-12-10-14-33(25-29)47-40-20-6-2-15-35(40)36-16-3-7-21-41(36)47/h2-27H. The van der Waals surface area contributed by atoms with Crippen molar-refractivity contribution in [2.45, 2.75) is 0 Å². The van der Waals surface area contributed by atoms with E-state index in [0.29, 0.717) is 16.8 Å². The Labute approximate surface area is 277 Å². The predicted molar refractivity (Wildman–Crippen MR) is 197 cm³/mol. The van der Waals surface area contributed by atoms with Crippen LogP contribution in [-0.4, -0.2) is 9.13 Å². The molecule has 0 fully saturated rings. The van der Waals surface area contributed by atoms with Crippen molar-refractivity contribution < 1.29 is 0 Å². The monoisotopic (exact) mass is 610 g/mol. The summed E-state index contributed by atoms with van der Waals surface area (Å²) in [6.07, 6.45) is 0. The zero-order valence-corrected chi connectivity index (χ0v) is 25.8. The number of aromatic nitrogens is 2. The van der Waals surface area contributed by atoms with Crippen LogP contribution in [0.25, 0.3) is 82.1 Å². The van der Waals surface area contributed by atoms with Crippen LogP contribution >= 0.6 is 0 Å². The summed E-state index contributed by atoms with van der Waals surface area (Å²) in [5, 5.41) is 15.0. The van der Waals surface area contributed by atoms with Gasteiger partial charge in [-0.15, -0.1) is 0 Å². The minimum Gasteiger partial charge on any atom is -0.309 e. The van der Waals surface area contributed by atoms with E-state index < -0.39 is 0 Å². The van der Waals surface area contributed by atoms with Crippen molar-refractivity contribution in [1.82, 2.24) is 9.13 Å². The zero-order valence-electron chi connectivity index (χ0n) is 25.8. The molecular formula is C44H26N4. The van der Waals surface area contributed by atoms with E-state index in [9.17, 15) is 5.26 Å². The first-order chi connectivity index (χ1) is 23.7. The van der Waals surface area contributed by atoms with Crippen molar-refractivity contribution in [2.24, 2.45) is 0 Å². The summed E-state index contributed by atoms with van der Waals surface area (Å²) in [6.45, 7) is 7.98. The predicted octanol–water partition coefficient (Wildman–Crippen LogP) is 11.6. The highest BCUT2D eigenvalue weighted by molar-refractivity contribution is 6.10. The molecule has 2 aromatic heterocycles. The normalized spacial score (nSPS) is 11.3. The number of fused-ring (bicyclic) bond motifs is 6. The average molecular weight is 611 g/mol. The molecule has 9 rings (SSSR count). The maximum Gasteiger partial charge on any atom is 0.196 e. The Morgan fingerprint density at radius 2 is 0.938 bits per heavy atom. The van der Waals surface area contributed by atoms with E-state index in [0.717, 1.165) is 50.1 Å². The van der Waals surface area contributed by atoms with Gasteiger partial charge in [0.25, 0.3) is 0 Å². The van der Waals surface area contributed by atoms with Crippen molar-refractivity contribution in [1.29, 1.82) is 5.26 Å². The molecule has 0 N–H and O–H groups in total. The van der Waals surface area contributed by atoms with E-state index in [1.807, 2.05) is 0 Å². The number of benzene rings is 7. The molecule has 222 valence electrons. The van der Waals surface area contributed by atoms with Crippen LogP contribution in [0.3, 0.4) is 0 Å². The number of hydrogen-bond donors (Lipinski definition) is 0. The van der Waals surface area contributed by atoms with Gasteiger partial charge in [0.15, 0.2) is 5.69 Å². The van der Waals surface area contributed by atoms with Crippen molar-refractivity contribution in [3.63, 3.8) is 0 Å². The number of nitrogens with zero attached hydrogens (tertiary/aromatic N) is 4. The maximum absolute atomic E-state index is 10.2. The molecule has 0 aliphatic carbocycles. The van der Waals surface area contributed by atoms with Crippen molar-refractivity contribution in [2.75, 3.05) is 0 Å². The fourth-order valence-electron chi connectivity index (χ4n) is 7.31. The number of nitriles is 1. The van der Waals surface area contributed by atoms with E-state index in [-0.39, 0.29) is 0 Å². The minimum absolute atomic E-state index is 0.457. The highest BCUT2D eigenvalue weighted by atomic mass is 15.0. The van der Waals surface area contributed by atoms with E-state index in [4.69, 9.17) is 6.57 Å². The highest BCUT2D eigenvalue weighted by Gasteiger charge is 2.18. The van der Waals surface area contributed by atoms with Crippen molar-refractivity contribution in [3.8, 4) is 39.7 Å². The molecule has 0 amide bonds. The Morgan fingerprint density at radius 1 is 0.458 bits per heavy atom. The Kier molecular flexibility index (Phi) is 6.22. The van der Waals surface area contributed by atoms with Crippen LogP contribution in [0.2, 0.25) is 0 Å². The second-order valence-electron chi connectivity index (χ2n) is 12.0. The van der Waals surface area contributed by atoms with Gasteiger partial charge in [-0.25, -0.2) is 4.85 Å². The molecule has 2 heterocycles. The highest BCUT2D eigenvalue weighted by Crippen LogP contribution is 2.40. The molecule has 9 aromatic rings. The maximum atomic E-state index is 10.2. The Bertz CT molecular complexity index is 2680. The second kappa shape index (κ2) is 10.9. The third-order valence-corrected chi connectivity index (χ3v) is 9.35.